The molecule has 0 saturated heterocycles. The maximum absolute atomic E-state index is 14.1. The molecule has 0 aromatic carbocycles. The van der Waals surface area contributed by atoms with Crippen LogP contribution in [0.2, 0.25) is 0 Å². The number of aliphatic carboxylic acids is 1. The summed E-state index contributed by atoms with van der Waals surface area (Å²) >= 11 is 0. The number of allylic oxidation sites excluding steroid dienone is 1. The molecule has 0 aliphatic heterocycles. The number of aliphatic hydroxyl groups is 1. The lowest BCUT2D eigenvalue weighted by Crippen LogP contribution is -2.66. The average Bonchev–Trinajstić information content (AvgIpc) is 3.39. The molecular formula is C45H71NO7. The van der Waals surface area contributed by atoms with Crippen LogP contribution >= 0.6 is 0 Å². The Labute approximate surface area is 319 Å². The number of ketones is 1. The number of carboxylic acids is 1. The number of rotatable bonds is 9. The SMILES string of the molecule is CC(C)C1=C2[C@H]3CC[C@@H]4[C@@]5(C)CC[C@H](OC(=O)CC(C)(C)C(=O)O)C(C)(C)[C@@H]5CC[C@@]4(C)[C@]3(C)CC[C@@]2([C@@H](O)CN(C)C(=O)C2CCCCC2)CC1=O. The van der Waals surface area contributed by atoms with Crippen molar-refractivity contribution in [2.45, 2.75) is 171 Å². The Morgan fingerprint density at radius 3 is 2.15 bits per heavy atom. The smallest absolute Gasteiger partial charge is 0.309 e. The predicted octanol–water partition coefficient (Wildman–Crippen LogP) is 8.78. The molecule has 6 aliphatic carbocycles. The van der Waals surface area contributed by atoms with Gasteiger partial charge in [-0.05, 0) is 124 Å². The quantitative estimate of drug-likeness (QED) is 0.227. The fraction of sp³-hybridized carbons (Fsp3) is 0.867. The van der Waals surface area contributed by atoms with Gasteiger partial charge in [0.25, 0.3) is 0 Å². The van der Waals surface area contributed by atoms with Crippen molar-refractivity contribution < 1.29 is 34.1 Å². The molecule has 298 valence electrons. The van der Waals surface area contributed by atoms with Gasteiger partial charge in [0.1, 0.15) is 6.10 Å². The zero-order valence-corrected chi connectivity index (χ0v) is 34.7. The number of likely N-dealkylation sites (N-methyl/N-ethyl adjacent to an activating group) is 1. The van der Waals surface area contributed by atoms with Crippen LogP contribution in [0.5, 0.6) is 0 Å². The van der Waals surface area contributed by atoms with Gasteiger partial charge in [0.2, 0.25) is 5.91 Å². The van der Waals surface area contributed by atoms with Crippen molar-refractivity contribution in [1.82, 2.24) is 4.90 Å². The highest BCUT2D eigenvalue weighted by atomic mass is 16.5. The zero-order valence-electron chi connectivity index (χ0n) is 34.7. The molecule has 8 heteroatoms. The standard InChI is InChI=1S/C45H71NO7/c1-27(2)36-30(47)24-45(33(48)26-46(10)38(50)28-14-12-11-13-15-28)23-22-43(8)29(37(36)45)16-17-32-42(7)20-19-34(53-35(49)25-40(3,4)39(51)52)41(5,6)31(42)18-21-44(32,43)9/h27-29,31-34,48H,11-26H2,1-10H3,(H,51,52)/t29-,31+,32-,33+,34+,42+,43-,44-,45+/m1/s1. The second-order valence-corrected chi connectivity index (χ2v) is 21.1. The molecule has 0 bridgehead atoms. The summed E-state index contributed by atoms with van der Waals surface area (Å²) in [6, 6.07) is 0. The van der Waals surface area contributed by atoms with E-state index in [9.17, 15) is 29.4 Å². The van der Waals surface area contributed by atoms with E-state index in [1.54, 1.807) is 18.7 Å². The lowest BCUT2D eigenvalue weighted by Gasteiger charge is -2.72. The second kappa shape index (κ2) is 13.8. The lowest BCUT2D eigenvalue weighted by atomic mass is 9.33. The van der Waals surface area contributed by atoms with E-state index >= 15 is 0 Å². The fourth-order valence-electron chi connectivity index (χ4n) is 14.1. The highest BCUT2D eigenvalue weighted by molar-refractivity contribution is 6.00. The third kappa shape index (κ3) is 6.26. The van der Waals surface area contributed by atoms with E-state index in [1.165, 1.54) is 12.0 Å². The summed E-state index contributed by atoms with van der Waals surface area (Å²) in [5.74, 6) is 0.0744. The van der Waals surface area contributed by atoms with Crippen molar-refractivity contribution in [3.63, 3.8) is 0 Å². The summed E-state index contributed by atoms with van der Waals surface area (Å²) in [6.45, 7) is 19.8. The summed E-state index contributed by atoms with van der Waals surface area (Å²) in [4.78, 5) is 54.3. The maximum atomic E-state index is 14.1. The summed E-state index contributed by atoms with van der Waals surface area (Å²) in [5.41, 5.74) is 0.173. The van der Waals surface area contributed by atoms with Crippen molar-refractivity contribution in [2.24, 2.45) is 62.1 Å². The van der Waals surface area contributed by atoms with Crippen LogP contribution in [-0.2, 0) is 23.9 Å². The number of amides is 1. The second-order valence-electron chi connectivity index (χ2n) is 21.1. The zero-order chi connectivity index (χ0) is 39.1. The third-order valence-electron chi connectivity index (χ3n) is 17.3. The van der Waals surface area contributed by atoms with Crippen LogP contribution in [-0.4, -0.2) is 64.5 Å². The Morgan fingerprint density at radius 1 is 0.868 bits per heavy atom. The number of Topliss-reactive ketones (excluding diaryl/α,β-unsaturated/α-hetero) is 1. The highest BCUT2D eigenvalue weighted by Gasteiger charge is 2.71. The number of carbonyl (C=O) groups excluding carboxylic acids is 3. The normalized spacial score (nSPS) is 39.1. The minimum Gasteiger partial charge on any atom is -0.481 e. The van der Waals surface area contributed by atoms with Gasteiger partial charge in [-0.15, -0.1) is 0 Å². The number of ether oxygens (including phenoxy) is 1. The lowest BCUT2D eigenvalue weighted by molar-refractivity contribution is -0.235. The van der Waals surface area contributed by atoms with E-state index in [4.69, 9.17) is 4.74 Å². The number of nitrogens with zero attached hydrogens (tertiary/aromatic N) is 1. The van der Waals surface area contributed by atoms with Gasteiger partial charge in [-0.2, -0.15) is 0 Å². The summed E-state index contributed by atoms with van der Waals surface area (Å²) in [6.07, 6.45) is 12.0. The molecule has 5 saturated carbocycles. The molecule has 1 amide bonds. The van der Waals surface area contributed by atoms with Crippen LogP contribution in [0.1, 0.15) is 159 Å². The van der Waals surface area contributed by atoms with Crippen molar-refractivity contribution in [2.75, 3.05) is 13.6 Å². The van der Waals surface area contributed by atoms with Gasteiger partial charge < -0.3 is 19.8 Å². The van der Waals surface area contributed by atoms with Crippen LogP contribution in [0.3, 0.4) is 0 Å². The van der Waals surface area contributed by atoms with Crippen LogP contribution < -0.4 is 0 Å². The molecular weight excluding hydrogens is 666 g/mol. The van der Waals surface area contributed by atoms with Gasteiger partial charge >= 0.3 is 11.9 Å². The van der Waals surface area contributed by atoms with Crippen molar-refractivity contribution in [3.05, 3.63) is 11.1 Å². The van der Waals surface area contributed by atoms with Crippen LogP contribution in [0, 0.1) is 62.1 Å². The number of fused-ring (bicyclic) bond motifs is 7. The minimum absolute atomic E-state index is 0.0256. The van der Waals surface area contributed by atoms with E-state index < -0.39 is 28.9 Å². The van der Waals surface area contributed by atoms with Gasteiger partial charge in [0.05, 0.1) is 17.9 Å². The first-order valence-corrected chi connectivity index (χ1v) is 21.2. The molecule has 0 unspecified atom stereocenters. The molecule has 0 radical (unpaired) electrons. The Kier molecular flexibility index (Phi) is 10.5. The molecule has 2 N–H and O–H groups in total. The van der Waals surface area contributed by atoms with E-state index in [0.29, 0.717) is 18.3 Å². The van der Waals surface area contributed by atoms with Gasteiger partial charge in [-0.3, -0.25) is 19.2 Å². The monoisotopic (exact) mass is 738 g/mol. The van der Waals surface area contributed by atoms with Crippen molar-refractivity contribution in [1.29, 1.82) is 0 Å². The summed E-state index contributed by atoms with van der Waals surface area (Å²) in [7, 11) is 1.85. The summed E-state index contributed by atoms with van der Waals surface area (Å²) < 4.78 is 6.17. The average molecular weight is 738 g/mol. The predicted molar refractivity (Wildman–Crippen MR) is 206 cm³/mol. The van der Waals surface area contributed by atoms with Crippen LogP contribution in [0.25, 0.3) is 0 Å². The number of carboxylic acid groups (broad SMARTS) is 1. The molecule has 5 fully saturated rings. The Hall–Kier alpha value is -2.22. The first kappa shape index (κ1) is 40.4. The van der Waals surface area contributed by atoms with E-state index in [0.717, 1.165) is 82.6 Å². The highest BCUT2D eigenvalue weighted by Crippen LogP contribution is 2.77. The minimum atomic E-state index is -1.17. The molecule has 6 rings (SSSR count). The molecule has 0 spiro atoms. The maximum Gasteiger partial charge on any atom is 0.309 e. The van der Waals surface area contributed by atoms with Gasteiger partial charge in [0.15, 0.2) is 5.78 Å². The fourth-order valence-corrected chi connectivity index (χ4v) is 14.1. The van der Waals surface area contributed by atoms with Gasteiger partial charge in [-0.1, -0.05) is 73.3 Å². The largest absolute Gasteiger partial charge is 0.481 e. The first-order valence-electron chi connectivity index (χ1n) is 21.2. The van der Waals surface area contributed by atoms with Crippen molar-refractivity contribution >= 4 is 23.6 Å². The van der Waals surface area contributed by atoms with E-state index in [2.05, 4.69) is 48.5 Å². The Balaban J connectivity index is 1.27. The topological polar surface area (TPSA) is 121 Å². The molecule has 8 nitrogen and oxygen atoms in total. The van der Waals surface area contributed by atoms with Gasteiger partial charge in [-0.25, -0.2) is 0 Å². The molecule has 53 heavy (non-hydrogen) atoms. The van der Waals surface area contributed by atoms with Crippen LogP contribution in [0.15, 0.2) is 11.1 Å². The van der Waals surface area contributed by atoms with Gasteiger partial charge in [0, 0.05) is 36.8 Å². The molecule has 0 aromatic rings. The molecule has 6 aliphatic rings. The van der Waals surface area contributed by atoms with E-state index in [-0.39, 0.29) is 70.2 Å². The molecule has 9 atom stereocenters. The molecule has 0 heterocycles. The Bertz CT molecular complexity index is 1520. The number of aliphatic hydroxyl groups excluding tert-OH is 1. The Morgan fingerprint density at radius 2 is 1.53 bits per heavy atom. The molecule has 0 aromatic heterocycles. The number of esters is 1. The third-order valence-corrected chi connectivity index (χ3v) is 17.3. The summed E-state index contributed by atoms with van der Waals surface area (Å²) in [5, 5.41) is 21.9. The van der Waals surface area contributed by atoms with E-state index in [1.807, 2.05) is 7.05 Å². The van der Waals surface area contributed by atoms with Crippen molar-refractivity contribution in [3.8, 4) is 0 Å². The van der Waals surface area contributed by atoms with Crippen LogP contribution in [0.4, 0.5) is 0 Å². The number of carbonyl (C=O) groups is 4. The number of hydrogen-bond donors (Lipinski definition) is 2. The first-order chi connectivity index (χ1) is 24.6. The number of hydrogen-bond acceptors (Lipinski definition) is 6.